The van der Waals surface area contributed by atoms with E-state index in [4.69, 9.17) is 14.0 Å². The molecule has 1 N–H and O–H groups in total. The lowest BCUT2D eigenvalue weighted by Crippen LogP contribution is -2.41. The van der Waals surface area contributed by atoms with Crippen molar-refractivity contribution in [3.05, 3.63) is 46.8 Å². The van der Waals surface area contributed by atoms with Crippen molar-refractivity contribution < 1.29 is 18.8 Å². The molecule has 0 atom stereocenters. The van der Waals surface area contributed by atoms with E-state index in [0.717, 1.165) is 49.9 Å². The lowest BCUT2D eigenvalue weighted by molar-refractivity contribution is 0.0383. The molecule has 0 radical (unpaired) electrons. The van der Waals surface area contributed by atoms with Crippen molar-refractivity contribution in [2.45, 2.75) is 20.5 Å². The third-order valence-electron chi connectivity index (χ3n) is 4.50. The standard InChI is InChI=1S/C19H25N3O4/c1-14-18(15(2)26-21-14)13-25-17-5-3-16(4-6-17)19(23)20-7-8-22-9-11-24-12-10-22/h3-6H,7-13H2,1-2H3,(H,20,23). The zero-order valence-corrected chi connectivity index (χ0v) is 15.3. The van der Waals surface area contributed by atoms with E-state index >= 15 is 0 Å². The molecule has 1 aliphatic heterocycles. The van der Waals surface area contributed by atoms with E-state index in [1.54, 1.807) is 24.3 Å². The fourth-order valence-electron chi connectivity index (χ4n) is 2.82. The number of nitrogens with zero attached hydrogens (tertiary/aromatic N) is 2. The Kier molecular flexibility index (Phi) is 6.25. The number of carbonyl (C=O) groups is 1. The first-order valence-corrected chi connectivity index (χ1v) is 8.86. The van der Waals surface area contributed by atoms with Gasteiger partial charge in [0.1, 0.15) is 18.1 Å². The molecule has 1 saturated heterocycles. The molecular formula is C19H25N3O4. The molecule has 1 aromatic heterocycles. The minimum absolute atomic E-state index is 0.0736. The number of hydrogen-bond acceptors (Lipinski definition) is 6. The molecule has 140 valence electrons. The number of aryl methyl sites for hydroxylation is 2. The van der Waals surface area contributed by atoms with Crippen LogP contribution in [0.2, 0.25) is 0 Å². The summed E-state index contributed by atoms with van der Waals surface area (Å²) in [7, 11) is 0. The smallest absolute Gasteiger partial charge is 0.251 e. The average Bonchev–Trinajstić information content (AvgIpc) is 2.99. The number of rotatable bonds is 7. The van der Waals surface area contributed by atoms with Crippen LogP contribution in [0.5, 0.6) is 5.75 Å². The molecule has 0 unspecified atom stereocenters. The number of hydrogen-bond donors (Lipinski definition) is 1. The molecule has 3 rings (SSSR count). The van der Waals surface area contributed by atoms with Gasteiger partial charge in [-0.3, -0.25) is 9.69 Å². The van der Waals surface area contributed by atoms with E-state index in [1.165, 1.54) is 0 Å². The molecule has 1 fully saturated rings. The van der Waals surface area contributed by atoms with Gasteiger partial charge in [-0.25, -0.2) is 0 Å². The third-order valence-corrected chi connectivity index (χ3v) is 4.50. The second-order valence-corrected chi connectivity index (χ2v) is 6.33. The first-order valence-electron chi connectivity index (χ1n) is 8.86. The Balaban J connectivity index is 1.45. The number of benzene rings is 1. The molecule has 0 saturated carbocycles. The van der Waals surface area contributed by atoms with Crippen LogP contribution in [-0.2, 0) is 11.3 Å². The second-order valence-electron chi connectivity index (χ2n) is 6.33. The van der Waals surface area contributed by atoms with Gasteiger partial charge in [-0.2, -0.15) is 0 Å². The van der Waals surface area contributed by atoms with Crippen LogP contribution in [0.1, 0.15) is 27.4 Å². The monoisotopic (exact) mass is 359 g/mol. The summed E-state index contributed by atoms with van der Waals surface area (Å²) < 4.78 is 16.2. The summed E-state index contributed by atoms with van der Waals surface area (Å²) >= 11 is 0. The zero-order chi connectivity index (χ0) is 18.4. The van der Waals surface area contributed by atoms with Crippen molar-refractivity contribution in [3.63, 3.8) is 0 Å². The Morgan fingerprint density at radius 1 is 1.23 bits per heavy atom. The Morgan fingerprint density at radius 2 is 1.96 bits per heavy atom. The highest BCUT2D eigenvalue weighted by atomic mass is 16.5. The first kappa shape index (κ1) is 18.4. The summed E-state index contributed by atoms with van der Waals surface area (Å²) in [5.41, 5.74) is 2.41. The van der Waals surface area contributed by atoms with Crippen LogP contribution >= 0.6 is 0 Å². The number of amides is 1. The number of aromatic nitrogens is 1. The van der Waals surface area contributed by atoms with Crippen LogP contribution in [0.25, 0.3) is 0 Å². The van der Waals surface area contributed by atoms with Gasteiger partial charge in [-0.15, -0.1) is 0 Å². The van der Waals surface area contributed by atoms with Gasteiger partial charge < -0.3 is 19.3 Å². The van der Waals surface area contributed by atoms with Gasteiger partial charge in [-0.1, -0.05) is 5.16 Å². The molecule has 1 aromatic carbocycles. The summed E-state index contributed by atoms with van der Waals surface area (Å²) in [6, 6.07) is 7.14. The Hall–Kier alpha value is -2.38. The summed E-state index contributed by atoms with van der Waals surface area (Å²) in [6.07, 6.45) is 0. The first-order chi connectivity index (χ1) is 12.6. The number of carbonyl (C=O) groups excluding carboxylic acids is 1. The van der Waals surface area contributed by atoms with Crippen LogP contribution in [-0.4, -0.2) is 55.4 Å². The summed E-state index contributed by atoms with van der Waals surface area (Å²) in [5, 5.41) is 6.86. The number of nitrogens with one attached hydrogen (secondary N) is 1. The predicted octanol–water partition coefficient (Wildman–Crippen LogP) is 1.93. The molecule has 1 amide bonds. The minimum atomic E-state index is -0.0736. The van der Waals surface area contributed by atoms with Crippen LogP contribution < -0.4 is 10.1 Å². The maximum Gasteiger partial charge on any atom is 0.251 e. The zero-order valence-electron chi connectivity index (χ0n) is 15.3. The maximum absolute atomic E-state index is 12.2. The van der Waals surface area contributed by atoms with E-state index in [9.17, 15) is 4.79 Å². The van der Waals surface area contributed by atoms with Crippen molar-refractivity contribution in [2.75, 3.05) is 39.4 Å². The molecule has 2 heterocycles. The van der Waals surface area contributed by atoms with E-state index in [0.29, 0.717) is 24.5 Å². The van der Waals surface area contributed by atoms with Gasteiger partial charge in [0, 0.05) is 31.7 Å². The van der Waals surface area contributed by atoms with Gasteiger partial charge in [0.25, 0.3) is 5.91 Å². The highest BCUT2D eigenvalue weighted by molar-refractivity contribution is 5.94. The van der Waals surface area contributed by atoms with Gasteiger partial charge in [0.15, 0.2) is 0 Å². The van der Waals surface area contributed by atoms with Gasteiger partial charge >= 0.3 is 0 Å². The highest BCUT2D eigenvalue weighted by Gasteiger charge is 2.12. The average molecular weight is 359 g/mol. The van der Waals surface area contributed by atoms with Gasteiger partial charge in [0.05, 0.1) is 24.5 Å². The number of ether oxygens (including phenoxy) is 2. The second kappa shape index (κ2) is 8.82. The van der Waals surface area contributed by atoms with E-state index in [2.05, 4.69) is 15.4 Å². The van der Waals surface area contributed by atoms with Crippen LogP contribution in [0.15, 0.2) is 28.8 Å². The highest BCUT2D eigenvalue weighted by Crippen LogP contribution is 2.18. The molecular weight excluding hydrogens is 334 g/mol. The minimum Gasteiger partial charge on any atom is -0.489 e. The lowest BCUT2D eigenvalue weighted by Gasteiger charge is -2.26. The molecule has 26 heavy (non-hydrogen) atoms. The summed E-state index contributed by atoms with van der Waals surface area (Å²) in [6.45, 7) is 9.00. The molecule has 7 nitrogen and oxygen atoms in total. The Labute approximate surface area is 153 Å². The quantitative estimate of drug-likeness (QED) is 0.814. The molecule has 0 spiro atoms. The molecule has 1 aliphatic rings. The molecule has 0 aliphatic carbocycles. The Morgan fingerprint density at radius 3 is 2.62 bits per heavy atom. The molecule has 7 heteroatoms. The fraction of sp³-hybridized carbons (Fsp3) is 0.474. The van der Waals surface area contributed by atoms with E-state index < -0.39 is 0 Å². The van der Waals surface area contributed by atoms with Crippen LogP contribution in [0.4, 0.5) is 0 Å². The SMILES string of the molecule is Cc1noc(C)c1COc1ccc(C(=O)NCCN2CCOCC2)cc1. The van der Waals surface area contributed by atoms with Crippen molar-refractivity contribution >= 4 is 5.91 Å². The third kappa shape index (κ3) is 4.83. The van der Waals surface area contributed by atoms with Crippen molar-refractivity contribution in [1.29, 1.82) is 0 Å². The topological polar surface area (TPSA) is 76.8 Å². The summed E-state index contributed by atoms with van der Waals surface area (Å²) in [5.74, 6) is 1.39. The molecule has 0 bridgehead atoms. The largest absolute Gasteiger partial charge is 0.489 e. The Bertz CT molecular complexity index is 701. The number of morpholine rings is 1. The van der Waals surface area contributed by atoms with Crippen molar-refractivity contribution in [1.82, 2.24) is 15.4 Å². The summed E-state index contributed by atoms with van der Waals surface area (Å²) in [4.78, 5) is 14.5. The predicted molar refractivity (Wildman–Crippen MR) is 96.3 cm³/mol. The maximum atomic E-state index is 12.2. The molecule has 2 aromatic rings. The van der Waals surface area contributed by atoms with Crippen molar-refractivity contribution in [2.24, 2.45) is 0 Å². The normalized spacial score (nSPS) is 15.0. The van der Waals surface area contributed by atoms with Crippen LogP contribution in [0.3, 0.4) is 0 Å². The van der Waals surface area contributed by atoms with E-state index in [-0.39, 0.29) is 5.91 Å². The fourth-order valence-corrected chi connectivity index (χ4v) is 2.82. The van der Waals surface area contributed by atoms with Gasteiger partial charge in [0.2, 0.25) is 0 Å². The van der Waals surface area contributed by atoms with Crippen LogP contribution in [0, 0.1) is 13.8 Å². The van der Waals surface area contributed by atoms with E-state index in [1.807, 2.05) is 13.8 Å². The van der Waals surface area contributed by atoms with Crippen molar-refractivity contribution in [3.8, 4) is 5.75 Å². The van der Waals surface area contributed by atoms with Gasteiger partial charge in [-0.05, 0) is 38.1 Å². The lowest BCUT2D eigenvalue weighted by atomic mass is 10.2.